The normalized spacial score (nSPS) is 25.4. The van der Waals surface area contributed by atoms with E-state index >= 15 is 0 Å². The van der Waals surface area contributed by atoms with Gasteiger partial charge in [0.05, 0.1) is 36.4 Å². The zero-order chi connectivity index (χ0) is 18.8. The highest BCUT2D eigenvalue weighted by Crippen LogP contribution is 2.31. The van der Waals surface area contributed by atoms with Crippen LogP contribution in [0, 0.1) is 11.8 Å². The van der Waals surface area contributed by atoms with E-state index in [0.717, 1.165) is 12.2 Å². The van der Waals surface area contributed by atoms with E-state index in [2.05, 4.69) is 22.6 Å². The van der Waals surface area contributed by atoms with Crippen molar-refractivity contribution in [2.75, 3.05) is 24.6 Å². The number of hydrazine groups is 1. The SMILES string of the molecule is CCN1CC(C(=O)NCc2ccco2)C2NN(c3ccccc3)C(=O)C2C1. The lowest BCUT2D eigenvalue weighted by Crippen LogP contribution is -2.56. The van der Waals surface area contributed by atoms with Crippen LogP contribution in [0.1, 0.15) is 12.7 Å². The van der Waals surface area contributed by atoms with E-state index in [-0.39, 0.29) is 29.7 Å². The van der Waals surface area contributed by atoms with Gasteiger partial charge < -0.3 is 14.6 Å². The molecular formula is C20H24N4O3. The molecule has 2 N–H and O–H groups in total. The van der Waals surface area contributed by atoms with Crippen molar-refractivity contribution in [1.82, 2.24) is 15.6 Å². The number of fused-ring (bicyclic) bond motifs is 1. The number of benzene rings is 1. The largest absolute Gasteiger partial charge is 0.467 e. The first-order valence-corrected chi connectivity index (χ1v) is 9.35. The van der Waals surface area contributed by atoms with Gasteiger partial charge >= 0.3 is 0 Å². The summed E-state index contributed by atoms with van der Waals surface area (Å²) in [5.41, 5.74) is 4.10. The zero-order valence-corrected chi connectivity index (χ0v) is 15.3. The van der Waals surface area contributed by atoms with E-state index in [0.29, 0.717) is 25.4 Å². The average Bonchev–Trinajstić information content (AvgIpc) is 3.34. The molecule has 0 radical (unpaired) electrons. The topological polar surface area (TPSA) is 77.8 Å². The Hall–Kier alpha value is -2.64. The van der Waals surface area contributed by atoms with Gasteiger partial charge in [0.2, 0.25) is 11.8 Å². The molecule has 2 amide bonds. The third kappa shape index (κ3) is 3.48. The smallest absolute Gasteiger partial charge is 0.247 e. The van der Waals surface area contributed by atoms with Crippen LogP contribution in [0.15, 0.2) is 53.1 Å². The van der Waals surface area contributed by atoms with Gasteiger partial charge in [-0.1, -0.05) is 25.1 Å². The highest BCUT2D eigenvalue weighted by Gasteiger charge is 2.50. The molecule has 3 heterocycles. The van der Waals surface area contributed by atoms with Crippen molar-refractivity contribution in [2.24, 2.45) is 11.8 Å². The van der Waals surface area contributed by atoms with Crippen molar-refractivity contribution in [3.63, 3.8) is 0 Å². The van der Waals surface area contributed by atoms with Crippen LogP contribution in [0.4, 0.5) is 5.69 Å². The van der Waals surface area contributed by atoms with E-state index in [1.807, 2.05) is 36.4 Å². The highest BCUT2D eigenvalue weighted by molar-refractivity contribution is 5.98. The number of carbonyl (C=O) groups excluding carboxylic acids is 2. The second kappa shape index (κ2) is 7.54. The molecule has 0 bridgehead atoms. The minimum absolute atomic E-state index is 0.0215. The summed E-state index contributed by atoms with van der Waals surface area (Å²) in [4.78, 5) is 28.1. The second-order valence-corrected chi connectivity index (χ2v) is 7.03. The summed E-state index contributed by atoms with van der Waals surface area (Å²) in [5.74, 6) is 0.127. The number of nitrogens with one attached hydrogen (secondary N) is 2. The molecule has 1 aromatic carbocycles. The summed E-state index contributed by atoms with van der Waals surface area (Å²) in [6.45, 7) is 4.51. The van der Waals surface area contributed by atoms with Crippen LogP contribution in [0.25, 0.3) is 0 Å². The van der Waals surface area contributed by atoms with E-state index in [1.54, 1.807) is 17.3 Å². The van der Waals surface area contributed by atoms with E-state index < -0.39 is 0 Å². The molecule has 7 nitrogen and oxygen atoms in total. The van der Waals surface area contributed by atoms with Crippen LogP contribution in [0.5, 0.6) is 0 Å². The number of nitrogens with zero attached hydrogens (tertiary/aromatic N) is 2. The average molecular weight is 368 g/mol. The first-order chi connectivity index (χ1) is 13.2. The molecule has 2 aromatic rings. The molecule has 0 aliphatic carbocycles. The fourth-order valence-electron chi connectivity index (χ4n) is 3.93. The summed E-state index contributed by atoms with van der Waals surface area (Å²) < 4.78 is 5.29. The number of furan rings is 1. The monoisotopic (exact) mass is 368 g/mol. The molecule has 2 saturated heterocycles. The van der Waals surface area contributed by atoms with Crippen LogP contribution < -0.4 is 15.8 Å². The lowest BCUT2D eigenvalue weighted by Gasteiger charge is -2.37. The van der Waals surface area contributed by atoms with Crippen molar-refractivity contribution < 1.29 is 14.0 Å². The molecule has 2 fully saturated rings. The predicted octanol–water partition coefficient (Wildman–Crippen LogP) is 1.38. The fourth-order valence-corrected chi connectivity index (χ4v) is 3.93. The summed E-state index contributed by atoms with van der Waals surface area (Å²) >= 11 is 0. The molecule has 0 saturated carbocycles. The predicted molar refractivity (Wildman–Crippen MR) is 101 cm³/mol. The molecule has 27 heavy (non-hydrogen) atoms. The Labute approximate surface area is 158 Å². The molecule has 142 valence electrons. The van der Waals surface area contributed by atoms with E-state index in [9.17, 15) is 9.59 Å². The Bertz CT molecular complexity index is 793. The molecule has 2 aliphatic heterocycles. The molecule has 3 unspecified atom stereocenters. The van der Waals surface area contributed by atoms with Crippen molar-refractivity contribution in [2.45, 2.75) is 19.5 Å². The number of para-hydroxylation sites is 1. The Morgan fingerprint density at radius 2 is 2.04 bits per heavy atom. The van der Waals surface area contributed by atoms with Crippen LogP contribution in [-0.4, -0.2) is 42.4 Å². The Balaban J connectivity index is 1.52. The van der Waals surface area contributed by atoms with Gasteiger partial charge in [0.1, 0.15) is 5.76 Å². The minimum atomic E-state index is -0.309. The van der Waals surface area contributed by atoms with Crippen molar-refractivity contribution in [3.8, 4) is 0 Å². The van der Waals surface area contributed by atoms with Crippen molar-refractivity contribution in [3.05, 3.63) is 54.5 Å². The Morgan fingerprint density at radius 3 is 2.74 bits per heavy atom. The maximum absolute atomic E-state index is 13.0. The molecular weight excluding hydrogens is 344 g/mol. The lowest BCUT2D eigenvalue weighted by molar-refractivity contribution is -0.130. The van der Waals surface area contributed by atoms with E-state index in [1.165, 1.54) is 0 Å². The minimum Gasteiger partial charge on any atom is -0.467 e. The summed E-state index contributed by atoms with van der Waals surface area (Å²) in [7, 11) is 0. The fraction of sp³-hybridized carbons (Fsp3) is 0.400. The number of piperidine rings is 1. The van der Waals surface area contributed by atoms with Gasteiger partial charge in [-0.15, -0.1) is 0 Å². The van der Waals surface area contributed by atoms with E-state index in [4.69, 9.17) is 4.42 Å². The molecule has 3 atom stereocenters. The van der Waals surface area contributed by atoms with Gasteiger partial charge in [-0.25, -0.2) is 10.4 Å². The molecule has 2 aliphatic rings. The second-order valence-electron chi connectivity index (χ2n) is 7.03. The number of hydrogen-bond acceptors (Lipinski definition) is 5. The first kappa shape index (κ1) is 17.8. The summed E-state index contributed by atoms with van der Waals surface area (Å²) in [6.07, 6.45) is 1.59. The maximum atomic E-state index is 13.0. The number of anilines is 1. The summed E-state index contributed by atoms with van der Waals surface area (Å²) in [6, 6.07) is 12.9. The molecule has 4 rings (SSSR count). The maximum Gasteiger partial charge on any atom is 0.247 e. The summed E-state index contributed by atoms with van der Waals surface area (Å²) in [5, 5.41) is 4.55. The first-order valence-electron chi connectivity index (χ1n) is 9.35. The van der Waals surface area contributed by atoms with Crippen molar-refractivity contribution >= 4 is 17.5 Å². The third-order valence-corrected chi connectivity index (χ3v) is 5.41. The van der Waals surface area contributed by atoms with Gasteiger partial charge in [-0.05, 0) is 30.8 Å². The van der Waals surface area contributed by atoms with Crippen LogP contribution in [0.3, 0.4) is 0 Å². The number of hydrogen-bond donors (Lipinski definition) is 2. The van der Waals surface area contributed by atoms with Crippen LogP contribution in [-0.2, 0) is 16.1 Å². The third-order valence-electron chi connectivity index (χ3n) is 5.41. The number of likely N-dealkylation sites (tertiary alicyclic amines) is 1. The number of rotatable bonds is 5. The van der Waals surface area contributed by atoms with Crippen LogP contribution in [0.2, 0.25) is 0 Å². The number of carbonyl (C=O) groups is 2. The van der Waals surface area contributed by atoms with Crippen LogP contribution >= 0.6 is 0 Å². The van der Waals surface area contributed by atoms with Gasteiger partial charge in [-0.3, -0.25) is 9.59 Å². The Morgan fingerprint density at radius 1 is 1.22 bits per heavy atom. The van der Waals surface area contributed by atoms with Crippen molar-refractivity contribution in [1.29, 1.82) is 0 Å². The standard InChI is InChI=1S/C20H24N4O3/c1-2-23-12-16(19(25)21-11-15-9-6-10-27-15)18-17(13-23)20(26)24(22-18)14-7-4-3-5-8-14/h3-10,16-18,22H,2,11-13H2,1H3,(H,21,25). The molecule has 1 aromatic heterocycles. The quantitative estimate of drug-likeness (QED) is 0.834. The van der Waals surface area contributed by atoms with Gasteiger partial charge in [0.25, 0.3) is 0 Å². The van der Waals surface area contributed by atoms with Gasteiger partial charge in [0, 0.05) is 13.1 Å². The molecule has 0 spiro atoms. The van der Waals surface area contributed by atoms with Gasteiger partial charge in [0.15, 0.2) is 0 Å². The molecule has 7 heteroatoms. The van der Waals surface area contributed by atoms with Gasteiger partial charge in [-0.2, -0.15) is 0 Å². The highest BCUT2D eigenvalue weighted by atomic mass is 16.3. The number of amides is 2. The Kier molecular flexibility index (Phi) is 4.96. The lowest BCUT2D eigenvalue weighted by atomic mass is 9.84. The zero-order valence-electron chi connectivity index (χ0n) is 15.3.